The van der Waals surface area contributed by atoms with Crippen molar-refractivity contribution in [3.05, 3.63) is 47.4 Å². The third-order valence-corrected chi connectivity index (χ3v) is 5.83. The molecule has 1 N–H and O–H groups in total. The minimum Gasteiger partial charge on any atom is -0.353 e. The molecule has 7 heteroatoms. The van der Waals surface area contributed by atoms with Gasteiger partial charge in [-0.3, -0.25) is 9.78 Å². The first-order valence-electron chi connectivity index (χ1n) is 10.2. The summed E-state index contributed by atoms with van der Waals surface area (Å²) in [7, 11) is 0. The van der Waals surface area contributed by atoms with Crippen LogP contribution < -0.4 is 10.2 Å². The SMILES string of the molecule is CC(=O)c1cnc2ccc(Cl)nc2c1Nc1ccc(N2CCCC2C(C)(C)C)nc1. The smallest absolute Gasteiger partial charge is 0.163 e. The van der Waals surface area contributed by atoms with Crippen LogP contribution in [0.2, 0.25) is 5.15 Å². The Bertz CT molecular complexity index is 1090. The van der Waals surface area contributed by atoms with Crippen LogP contribution in [0.1, 0.15) is 50.9 Å². The van der Waals surface area contributed by atoms with Crippen LogP contribution in [0.3, 0.4) is 0 Å². The van der Waals surface area contributed by atoms with Crippen LogP contribution in [0.4, 0.5) is 17.2 Å². The number of aromatic nitrogens is 3. The molecule has 3 aromatic rings. The van der Waals surface area contributed by atoms with E-state index < -0.39 is 0 Å². The molecular weight excluding hydrogens is 398 g/mol. The predicted molar refractivity (Wildman–Crippen MR) is 122 cm³/mol. The van der Waals surface area contributed by atoms with E-state index >= 15 is 0 Å². The number of pyridine rings is 3. The number of carbonyl (C=O) groups excluding carboxylic acids is 1. The van der Waals surface area contributed by atoms with Gasteiger partial charge < -0.3 is 10.2 Å². The van der Waals surface area contributed by atoms with Crippen molar-refractivity contribution >= 4 is 45.6 Å². The fraction of sp³-hybridized carbons (Fsp3) is 0.391. The number of fused-ring (bicyclic) bond motifs is 1. The highest BCUT2D eigenvalue weighted by molar-refractivity contribution is 6.30. The monoisotopic (exact) mass is 423 g/mol. The van der Waals surface area contributed by atoms with Gasteiger partial charge in [0.2, 0.25) is 0 Å². The molecule has 0 aromatic carbocycles. The van der Waals surface area contributed by atoms with Crippen LogP contribution in [0.25, 0.3) is 11.0 Å². The lowest BCUT2D eigenvalue weighted by Crippen LogP contribution is -2.39. The molecule has 0 amide bonds. The lowest BCUT2D eigenvalue weighted by atomic mass is 9.85. The first kappa shape index (κ1) is 20.5. The Labute approximate surface area is 181 Å². The highest BCUT2D eigenvalue weighted by atomic mass is 35.5. The lowest BCUT2D eigenvalue weighted by Gasteiger charge is -2.35. The second kappa shape index (κ2) is 7.84. The fourth-order valence-corrected chi connectivity index (χ4v) is 4.30. The molecule has 1 fully saturated rings. The minimum absolute atomic E-state index is 0.0941. The maximum atomic E-state index is 12.2. The number of nitrogens with zero attached hydrogens (tertiary/aromatic N) is 4. The second-order valence-corrected chi connectivity index (χ2v) is 9.24. The van der Waals surface area contributed by atoms with Crippen molar-refractivity contribution < 1.29 is 4.79 Å². The Balaban J connectivity index is 1.67. The summed E-state index contributed by atoms with van der Waals surface area (Å²) in [4.78, 5) is 28.0. The minimum atomic E-state index is -0.0941. The van der Waals surface area contributed by atoms with Crippen LogP contribution >= 0.6 is 11.6 Å². The Morgan fingerprint density at radius 2 is 1.97 bits per heavy atom. The van der Waals surface area contributed by atoms with Gasteiger partial charge in [-0.05, 0) is 49.4 Å². The number of carbonyl (C=O) groups is 1. The molecule has 1 aliphatic rings. The van der Waals surface area contributed by atoms with Gasteiger partial charge in [-0.15, -0.1) is 0 Å². The van der Waals surface area contributed by atoms with Gasteiger partial charge in [-0.2, -0.15) is 0 Å². The average molecular weight is 424 g/mol. The van der Waals surface area contributed by atoms with Crippen molar-refractivity contribution in [2.75, 3.05) is 16.8 Å². The second-order valence-electron chi connectivity index (χ2n) is 8.85. The van der Waals surface area contributed by atoms with E-state index in [1.807, 2.05) is 12.1 Å². The molecule has 1 atom stereocenters. The molecule has 30 heavy (non-hydrogen) atoms. The van der Waals surface area contributed by atoms with E-state index in [0.717, 1.165) is 18.1 Å². The van der Waals surface area contributed by atoms with Crippen molar-refractivity contribution in [3.8, 4) is 0 Å². The van der Waals surface area contributed by atoms with Gasteiger partial charge in [-0.25, -0.2) is 9.97 Å². The first-order chi connectivity index (χ1) is 14.2. The molecule has 156 valence electrons. The Kier molecular flexibility index (Phi) is 5.36. The number of halogens is 1. The molecule has 0 aliphatic carbocycles. The van der Waals surface area contributed by atoms with E-state index in [0.29, 0.717) is 33.5 Å². The van der Waals surface area contributed by atoms with E-state index in [4.69, 9.17) is 16.6 Å². The van der Waals surface area contributed by atoms with Gasteiger partial charge in [0, 0.05) is 18.8 Å². The fourth-order valence-electron chi connectivity index (χ4n) is 4.15. The average Bonchev–Trinajstić information content (AvgIpc) is 3.19. The van der Waals surface area contributed by atoms with Gasteiger partial charge in [0.1, 0.15) is 16.5 Å². The molecule has 1 unspecified atom stereocenters. The number of anilines is 3. The standard InChI is InChI=1S/C23H26ClN5O/c1-14(30)16-13-25-17-8-9-19(24)28-22(17)21(16)27-15-7-10-20(26-12-15)29-11-5-6-18(29)23(2,3)4/h7-10,12-13,18H,5-6,11H2,1-4H3,(H,25,27). The van der Waals surface area contributed by atoms with Crippen LogP contribution in [0.5, 0.6) is 0 Å². The van der Waals surface area contributed by atoms with Gasteiger partial charge in [0.05, 0.1) is 28.7 Å². The van der Waals surface area contributed by atoms with Gasteiger partial charge in [0.25, 0.3) is 0 Å². The molecule has 3 aromatic heterocycles. The summed E-state index contributed by atoms with van der Waals surface area (Å²) < 4.78 is 0. The van der Waals surface area contributed by atoms with Crippen molar-refractivity contribution in [2.45, 2.75) is 46.6 Å². The Morgan fingerprint density at radius 1 is 1.17 bits per heavy atom. The van der Waals surface area contributed by atoms with Crippen LogP contribution in [-0.2, 0) is 0 Å². The first-order valence-corrected chi connectivity index (χ1v) is 10.6. The van der Waals surface area contributed by atoms with Gasteiger partial charge in [0.15, 0.2) is 5.78 Å². The largest absolute Gasteiger partial charge is 0.353 e. The summed E-state index contributed by atoms with van der Waals surface area (Å²) >= 11 is 6.10. The summed E-state index contributed by atoms with van der Waals surface area (Å²) in [5.41, 5.74) is 3.27. The third kappa shape index (κ3) is 3.97. The number of ketones is 1. The van der Waals surface area contributed by atoms with Crippen molar-refractivity contribution in [2.24, 2.45) is 5.41 Å². The quantitative estimate of drug-likeness (QED) is 0.432. The summed E-state index contributed by atoms with van der Waals surface area (Å²) in [6.07, 6.45) is 5.74. The van der Waals surface area contributed by atoms with Crippen LogP contribution in [-0.4, -0.2) is 33.3 Å². The predicted octanol–water partition coefficient (Wildman–Crippen LogP) is 5.64. The molecule has 4 rings (SSSR count). The topological polar surface area (TPSA) is 71.0 Å². The van der Waals surface area contributed by atoms with Crippen molar-refractivity contribution in [1.82, 2.24) is 15.0 Å². The van der Waals surface area contributed by atoms with E-state index in [2.05, 4.69) is 41.0 Å². The zero-order chi connectivity index (χ0) is 21.5. The number of rotatable bonds is 4. The molecular formula is C23H26ClN5O. The number of hydrogen-bond acceptors (Lipinski definition) is 6. The van der Waals surface area contributed by atoms with Crippen molar-refractivity contribution in [3.63, 3.8) is 0 Å². The zero-order valence-corrected chi connectivity index (χ0v) is 18.5. The number of Topliss-reactive ketones (excluding diaryl/α,β-unsaturated/α-hetero) is 1. The summed E-state index contributed by atoms with van der Waals surface area (Å²) in [6.45, 7) is 9.37. The Morgan fingerprint density at radius 3 is 2.63 bits per heavy atom. The van der Waals surface area contributed by atoms with Crippen LogP contribution in [0, 0.1) is 5.41 Å². The highest BCUT2D eigenvalue weighted by Gasteiger charge is 2.34. The Hall–Kier alpha value is -2.73. The van der Waals surface area contributed by atoms with Gasteiger partial charge in [-0.1, -0.05) is 32.4 Å². The zero-order valence-electron chi connectivity index (χ0n) is 17.7. The highest BCUT2D eigenvalue weighted by Crippen LogP contribution is 2.36. The molecule has 4 heterocycles. The normalized spacial score (nSPS) is 16.8. The van der Waals surface area contributed by atoms with Crippen molar-refractivity contribution in [1.29, 1.82) is 0 Å². The number of nitrogens with one attached hydrogen (secondary N) is 1. The lowest BCUT2D eigenvalue weighted by molar-refractivity contribution is 0.101. The molecule has 0 bridgehead atoms. The van der Waals surface area contributed by atoms with Crippen LogP contribution in [0.15, 0.2) is 36.7 Å². The molecule has 0 radical (unpaired) electrons. The third-order valence-electron chi connectivity index (χ3n) is 5.62. The molecule has 1 aliphatic heterocycles. The van der Waals surface area contributed by atoms with E-state index in [1.165, 1.54) is 19.8 Å². The summed E-state index contributed by atoms with van der Waals surface area (Å²) in [5, 5.41) is 3.67. The van der Waals surface area contributed by atoms with E-state index in [-0.39, 0.29) is 11.2 Å². The summed E-state index contributed by atoms with van der Waals surface area (Å²) in [5.74, 6) is 0.883. The summed E-state index contributed by atoms with van der Waals surface area (Å²) in [6, 6.07) is 7.97. The van der Waals surface area contributed by atoms with Gasteiger partial charge >= 0.3 is 0 Å². The maximum absolute atomic E-state index is 12.2. The van der Waals surface area contributed by atoms with E-state index in [1.54, 1.807) is 24.5 Å². The maximum Gasteiger partial charge on any atom is 0.163 e. The van der Waals surface area contributed by atoms with E-state index in [9.17, 15) is 4.79 Å². The molecule has 1 saturated heterocycles. The molecule has 0 spiro atoms. The molecule has 6 nitrogen and oxygen atoms in total. The number of hydrogen-bond donors (Lipinski definition) is 1. The molecule has 0 saturated carbocycles.